The van der Waals surface area contributed by atoms with Crippen molar-refractivity contribution >= 4 is 49.1 Å². The Kier molecular flexibility index (Phi) is 5.93. The summed E-state index contributed by atoms with van der Waals surface area (Å²) in [6, 6.07) is 11.3. The molecule has 0 aliphatic rings. The minimum absolute atomic E-state index is 0.0502. The van der Waals surface area contributed by atoms with Gasteiger partial charge in [0.1, 0.15) is 4.90 Å². The lowest BCUT2D eigenvalue weighted by atomic mass is 10.1. The van der Waals surface area contributed by atoms with Crippen molar-refractivity contribution in [3.8, 4) is 0 Å². The van der Waals surface area contributed by atoms with Crippen LogP contribution < -0.4 is 10.0 Å². The van der Waals surface area contributed by atoms with Crippen LogP contribution >= 0.6 is 27.5 Å². The Morgan fingerprint density at radius 3 is 2.36 bits per heavy atom. The van der Waals surface area contributed by atoms with E-state index in [1.807, 2.05) is 6.07 Å². The lowest BCUT2D eigenvalue weighted by Crippen LogP contribution is -2.40. The van der Waals surface area contributed by atoms with Crippen molar-refractivity contribution in [3.05, 3.63) is 57.5 Å². The maximum atomic E-state index is 12.5. The summed E-state index contributed by atoms with van der Waals surface area (Å²) >= 11 is 9.39. The predicted octanol–water partition coefficient (Wildman–Crippen LogP) is 4.43. The molecule has 0 unspecified atom stereocenters. The van der Waals surface area contributed by atoms with Gasteiger partial charge >= 0.3 is 0 Å². The van der Waals surface area contributed by atoms with Crippen molar-refractivity contribution in [1.82, 2.24) is 4.72 Å². The first-order valence-corrected chi connectivity index (χ1v) is 10.0. The Morgan fingerprint density at radius 2 is 1.76 bits per heavy atom. The summed E-state index contributed by atoms with van der Waals surface area (Å²) in [6.45, 7) is 5.17. The van der Waals surface area contributed by atoms with Gasteiger partial charge in [0.25, 0.3) is 5.91 Å². The van der Waals surface area contributed by atoms with E-state index >= 15 is 0 Å². The summed E-state index contributed by atoms with van der Waals surface area (Å²) in [4.78, 5) is 12.3. The molecule has 0 bridgehead atoms. The van der Waals surface area contributed by atoms with Gasteiger partial charge < -0.3 is 5.32 Å². The average molecular weight is 446 g/mol. The van der Waals surface area contributed by atoms with Crippen molar-refractivity contribution in [3.63, 3.8) is 0 Å². The first-order valence-electron chi connectivity index (χ1n) is 7.39. The van der Waals surface area contributed by atoms with Crippen LogP contribution in [0.25, 0.3) is 0 Å². The van der Waals surface area contributed by atoms with Gasteiger partial charge in [0, 0.05) is 15.6 Å². The second-order valence-corrected chi connectivity index (χ2v) is 9.35. The molecule has 0 fully saturated rings. The summed E-state index contributed by atoms with van der Waals surface area (Å²) in [5.74, 6) is -0.434. The molecule has 0 radical (unpaired) electrons. The third-order valence-electron chi connectivity index (χ3n) is 3.05. The Labute approximate surface area is 161 Å². The first-order chi connectivity index (χ1) is 11.5. The number of rotatable bonds is 4. The molecule has 0 heterocycles. The van der Waals surface area contributed by atoms with Gasteiger partial charge in [-0.25, -0.2) is 13.1 Å². The summed E-state index contributed by atoms with van der Waals surface area (Å²) in [6.07, 6.45) is 0. The van der Waals surface area contributed by atoms with Crippen LogP contribution in [0.5, 0.6) is 0 Å². The molecule has 0 saturated heterocycles. The average Bonchev–Trinajstić information content (AvgIpc) is 2.47. The van der Waals surface area contributed by atoms with E-state index < -0.39 is 21.5 Å². The number of nitrogens with one attached hydrogen (secondary N) is 2. The normalized spacial score (nSPS) is 12.0. The molecule has 0 aromatic heterocycles. The quantitative estimate of drug-likeness (QED) is 0.731. The number of amides is 1. The molecule has 5 nitrogen and oxygen atoms in total. The van der Waals surface area contributed by atoms with Crippen LogP contribution in [0.3, 0.4) is 0 Å². The Bertz CT molecular complexity index is 908. The SMILES string of the molecule is CC(C)(C)NS(=O)(=O)c1cc(C(=O)Nc2ccccc2Br)ccc1Cl. The highest BCUT2D eigenvalue weighted by molar-refractivity contribution is 9.10. The second-order valence-electron chi connectivity index (χ2n) is 6.43. The lowest BCUT2D eigenvalue weighted by molar-refractivity contribution is 0.102. The first kappa shape index (κ1) is 19.9. The smallest absolute Gasteiger partial charge is 0.255 e. The third kappa shape index (κ3) is 5.28. The number of hydrogen-bond donors (Lipinski definition) is 2. The molecule has 2 N–H and O–H groups in total. The van der Waals surface area contributed by atoms with Crippen molar-refractivity contribution in [2.45, 2.75) is 31.2 Å². The zero-order valence-corrected chi connectivity index (χ0v) is 17.1. The molecule has 1 amide bonds. The number of halogens is 2. The van der Waals surface area contributed by atoms with Gasteiger partial charge in [0.2, 0.25) is 10.0 Å². The largest absolute Gasteiger partial charge is 0.321 e. The van der Waals surface area contributed by atoms with Gasteiger partial charge in [-0.3, -0.25) is 4.79 Å². The molecule has 0 atom stereocenters. The Balaban J connectivity index is 2.36. The van der Waals surface area contributed by atoms with E-state index in [-0.39, 0.29) is 15.5 Å². The minimum atomic E-state index is -3.86. The van der Waals surface area contributed by atoms with Gasteiger partial charge in [-0.15, -0.1) is 0 Å². The Hall–Kier alpha value is -1.41. The van der Waals surface area contributed by atoms with Crippen LogP contribution in [-0.2, 0) is 10.0 Å². The standard InChI is InChI=1S/C17H18BrClN2O3S/c1-17(2,3)21-25(23,24)15-10-11(8-9-13(15)19)16(22)20-14-7-5-4-6-12(14)18/h4-10,21H,1-3H3,(H,20,22). The zero-order valence-electron chi connectivity index (χ0n) is 13.9. The molecular formula is C17H18BrClN2O3S. The van der Waals surface area contributed by atoms with Crippen LogP contribution in [0.4, 0.5) is 5.69 Å². The molecule has 25 heavy (non-hydrogen) atoms. The number of anilines is 1. The van der Waals surface area contributed by atoms with Gasteiger partial charge in [0.05, 0.1) is 10.7 Å². The van der Waals surface area contributed by atoms with Crippen molar-refractivity contribution in [1.29, 1.82) is 0 Å². The van der Waals surface area contributed by atoms with Gasteiger partial charge in [0.15, 0.2) is 0 Å². The number of carbonyl (C=O) groups excluding carboxylic acids is 1. The van der Waals surface area contributed by atoms with Gasteiger partial charge in [-0.05, 0) is 67.0 Å². The van der Waals surface area contributed by atoms with E-state index in [0.717, 1.165) is 4.47 Å². The number of sulfonamides is 1. The highest BCUT2D eigenvalue weighted by Gasteiger charge is 2.25. The van der Waals surface area contributed by atoms with Crippen molar-refractivity contribution in [2.24, 2.45) is 0 Å². The molecule has 0 saturated carbocycles. The number of hydrogen-bond acceptors (Lipinski definition) is 3. The van der Waals surface area contributed by atoms with Crippen LogP contribution in [0, 0.1) is 0 Å². The van der Waals surface area contributed by atoms with Gasteiger partial charge in [-0.1, -0.05) is 23.7 Å². The maximum Gasteiger partial charge on any atom is 0.255 e. The zero-order chi connectivity index (χ0) is 18.8. The fourth-order valence-corrected chi connectivity index (χ4v) is 4.39. The van der Waals surface area contributed by atoms with Crippen LogP contribution in [0.15, 0.2) is 51.8 Å². The summed E-state index contributed by atoms with van der Waals surface area (Å²) in [7, 11) is -3.86. The highest BCUT2D eigenvalue weighted by Crippen LogP contribution is 2.26. The molecule has 2 aromatic carbocycles. The van der Waals surface area contributed by atoms with Gasteiger partial charge in [-0.2, -0.15) is 0 Å². The van der Waals surface area contributed by atoms with E-state index in [0.29, 0.717) is 5.69 Å². The number of carbonyl (C=O) groups is 1. The Morgan fingerprint density at radius 1 is 1.12 bits per heavy atom. The number of para-hydroxylation sites is 1. The molecule has 0 spiro atoms. The fraction of sp³-hybridized carbons (Fsp3) is 0.235. The second kappa shape index (κ2) is 7.45. The maximum absolute atomic E-state index is 12.5. The molecule has 8 heteroatoms. The molecule has 2 aromatic rings. The summed E-state index contributed by atoms with van der Waals surface area (Å²) < 4.78 is 28.3. The van der Waals surface area contributed by atoms with Crippen molar-refractivity contribution < 1.29 is 13.2 Å². The molecular weight excluding hydrogens is 428 g/mol. The van der Waals surface area contributed by atoms with Crippen molar-refractivity contribution in [2.75, 3.05) is 5.32 Å². The molecule has 0 aliphatic carbocycles. The van der Waals surface area contributed by atoms with E-state index in [1.54, 1.807) is 39.0 Å². The number of benzene rings is 2. The molecule has 0 aliphatic heterocycles. The van der Waals surface area contributed by atoms with E-state index in [1.165, 1.54) is 18.2 Å². The fourth-order valence-electron chi connectivity index (χ4n) is 2.07. The molecule has 134 valence electrons. The topological polar surface area (TPSA) is 75.3 Å². The predicted molar refractivity (Wildman–Crippen MR) is 104 cm³/mol. The van der Waals surface area contributed by atoms with E-state index in [9.17, 15) is 13.2 Å². The van der Waals surface area contributed by atoms with Crippen LogP contribution in [0.2, 0.25) is 5.02 Å². The van der Waals surface area contributed by atoms with E-state index in [4.69, 9.17) is 11.6 Å². The summed E-state index contributed by atoms with van der Waals surface area (Å²) in [5.41, 5.74) is 0.101. The third-order valence-corrected chi connectivity index (χ3v) is 5.98. The summed E-state index contributed by atoms with van der Waals surface area (Å²) in [5, 5.41) is 2.78. The molecule has 2 rings (SSSR count). The lowest BCUT2D eigenvalue weighted by Gasteiger charge is -2.21. The minimum Gasteiger partial charge on any atom is -0.321 e. The van der Waals surface area contributed by atoms with Crippen LogP contribution in [-0.4, -0.2) is 19.9 Å². The van der Waals surface area contributed by atoms with E-state index in [2.05, 4.69) is 26.0 Å². The van der Waals surface area contributed by atoms with Crippen LogP contribution in [0.1, 0.15) is 31.1 Å². The highest BCUT2D eigenvalue weighted by atomic mass is 79.9. The monoisotopic (exact) mass is 444 g/mol.